The lowest BCUT2D eigenvalue weighted by Gasteiger charge is -2.12. The first-order chi connectivity index (χ1) is 19.9. The first-order valence-electron chi connectivity index (χ1n) is 12.6. The van der Waals surface area contributed by atoms with E-state index in [9.17, 15) is 14.4 Å². The maximum Gasteiger partial charge on any atom is 0.338 e. The third kappa shape index (κ3) is 7.42. The van der Waals surface area contributed by atoms with Gasteiger partial charge in [0.2, 0.25) is 5.91 Å². The standard InChI is InChI=1S/C29H29N5O6S/c1-4-40-28(37)19-10-13-21(14-11-19)31-26(35)18-41-29-33-32-25(34(29)22-8-6-5-7-9-22)17-30-27(36)20-12-15-23(38-2)24(16-20)39-3/h5-16H,4,17-18H2,1-3H3,(H,30,36)(H,31,35). The molecule has 3 aromatic carbocycles. The lowest BCUT2D eigenvalue weighted by atomic mass is 10.2. The Bertz CT molecular complexity index is 1510. The van der Waals surface area contributed by atoms with Crippen LogP contribution in [0.2, 0.25) is 0 Å². The van der Waals surface area contributed by atoms with Crippen molar-refractivity contribution in [2.24, 2.45) is 0 Å². The maximum atomic E-state index is 12.9. The molecule has 1 aromatic heterocycles. The number of carbonyl (C=O) groups excluding carboxylic acids is 3. The van der Waals surface area contributed by atoms with Gasteiger partial charge >= 0.3 is 5.97 Å². The highest BCUT2D eigenvalue weighted by molar-refractivity contribution is 7.99. The summed E-state index contributed by atoms with van der Waals surface area (Å²) in [7, 11) is 3.03. The molecule has 0 bridgehead atoms. The molecule has 0 unspecified atom stereocenters. The molecule has 11 nitrogen and oxygen atoms in total. The predicted octanol–water partition coefficient (Wildman–Crippen LogP) is 4.12. The summed E-state index contributed by atoms with van der Waals surface area (Å²) >= 11 is 1.20. The van der Waals surface area contributed by atoms with E-state index in [1.54, 1.807) is 54.0 Å². The highest BCUT2D eigenvalue weighted by Gasteiger charge is 2.18. The minimum absolute atomic E-state index is 0.0581. The zero-order valence-corrected chi connectivity index (χ0v) is 23.6. The van der Waals surface area contributed by atoms with Crippen molar-refractivity contribution in [3.63, 3.8) is 0 Å². The fourth-order valence-electron chi connectivity index (χ4n) is 3.81. The number of aromatic nitrogens is 3. The Morgan fingerprint density at radius 2 is 1.59 bits per heavy atom. The van der Waals surface area contributed by atoms with Crippen LogP contribution in [0.1, 0.15) is 33.5 Å². The quantitative estimate of drug-likeness (QED) is 0.189. The van der Waals surface area contributed by atoms with E-state index in [0.29, 0.717) is 39.3 Å². The van der Waals surface area contributed by atoms with E-state index >= 15 is 0 Å². The fourth-order valence-corrected chi connectivity index (χ4v) is 4.59. The number of para-hydroxylation sites is 1. The summed E-state index contributed by atoms with van der Waals surface area (Å²) in [6.07, 6.45) is 0. The number of esters is 1. The number of ether oxygens (including phenoxy) is 3. The number of thioether (sulfide) groups is 1. The van der Waals surface area contributed by atoms with Crippen molar-refractivity contribution in [2.45, 2.75) is 18.6 Å². The number of benzene rings is 3. The molecule has 4 aromatic rings. The summed E-state index contributed by atoms with van der Waals surface area (Å²) in [6.45, 7) is 2.12. The number of hydrogen-bond donors (Lipinski definition) is 2. The Kier molecular flexibility index (Phi) is 9.94. The van der Waals surface area contributed by atoms with Gasteiger partial charge in [0.25, 0.3) is 5.91 Å². The maximum absolute atomic E-state index is 12.9. The van der Waals surface area contributed by atoms with Crippen LogP contribution >= 0.6 is 11.8 Å². The van der Waals surface area contributed by atoms with Gasteiger partial charge in [-0.05, 0) is 61.5 Å². The zero-order valence-electron chi connectivity index (χ0n) is 22.7. The van der Waals surface area contributed by atoms with Gasteiger partial charge in [-0.1, -0.05) is 30.0 Å². The molecule has 0 aliphatic heterocycles. The van der Waals surface area contributed by atoms with E-state index in [1.165, 1.54) is 26.0 Å². The second-order valence-electron chi connectivity index (χ2n) is 8.46. The Morgan fingerprint density at radius 3 is 2.27 bits per heavy atom. The summed E-state index contributed by atoms with van der Waals surface area (Å²) in [6, 6.07) is 20.8. The van der Waals surface area contributed by atoms with Crippen molar-refractivity contribution >= 4 is 35.2 Å². The molecule has 212 valence electrons. The topological polar surface area (TPSA) is 134 Å². The minimum Gasteiger partial charge on any atom is -0.493 e. The molecule has 0 saturated heterocycles. The lowest BCUT2D eigenvalue weighted by molar-refractivity contribution is -0.113. The molecule has 0 spiro atoms. The second kappa shape index (κ2) is 14.0. The number of carbonyl (C=O) groups is 3. The number of hydrogen-bond acceptors (Lipinski definition) is 9. The van der Waals surface area contributed by atoms with Crippen molar-refractivity contribution in [2.75, 3.05) is 31.9 Å². The Labute approximate surface area is 241 Å². The molecule has 0 aliphatic carbocycles. The third-order valence-electron chi connectivity index (χ3n) is 5.78. The highest BCUT2D eigenvalue weighted by atomic mass is 32.2. The highest BCUT2D eigenvalue weighted by Crippen LogP contribution is 2.28. The first kappa shape index (κ1) is 29.2. The van der Waals surface area contributed by atoms with Crippen LogP contribution < -0.4 is 20.1 Å². The molecule has 12 heteroatoms. The number of rotatable bonds is 12. The minimum atomic E-state index is -0.420. The molecule has 0 saturated carbocycles. The molecular formula is C29H29N5O6S. The monoisotopic (exact) mass is 575 g/mol. The van der Waals surface area contributed by atoms with Gasteiger partial charge in [-0.15, -0.1) is 10.2 Å². The van der Waals surface area contributed by atoms with Crippen LogP contribution in [0, 0.1) is 0 Å². The van der Waals surface area contributed by atoms with Crippen LogP contribution in [0.3, 0.4) is 0 Å². The summed E-state index contributed by atoms with van der Waals surface area (Å²) in [4.78, 5) is 37.4. The molecule has 2 amide bonds. The second-order valence-corrected chi connectivity index (χ2v) is 9.40. The first-order valence-corrected chi connectivity index (χ1v) is 13.6. The summed E-state index contributed by atoms with van der Waals surface area (Å²) in [5, 5.41) is 14.7. The van der Waals surface area contributed by atoms with E-state index in [2.05, 4.69) is 20.8 Å². The molecular weight excluding hydrogens is 546 g/mol. The predicted molar refractivity (Wildman–Crippen MR) is 154 cm³/mol. The van der Waals surface area contributed by atoms with E-state index in [1.807, 2.05) is 30.3 Å². The van der Waals surface area contributed by atoms with Crippen molar-refractivity contribution in [3.05, 3.63) is 89.7 Å². The van der Waals surface area contributed by atoms with Crippen LogP contribution in [0.5, 0.6) is 11.5 Å². The van der Waals surface area contributed by atoms with Crippen molar-refractivity contribution in [1.29, 1.82) is 0 Å². The average Bonchev–Trinajstić information content (AvgIpc) is 3.42. The Balaban J connectivity index is 1.43. The fraction of sp³-hybridized carbons (Fsp3) is 0.207. The molecule has 41 heavy (non-hydrogen) atoms. The van der Waals surface area contributed by atoms with Crippen LogP contribution in [0.25, 0.3) is 5.69 Å². The van der Waals surface area contributed by atoms with Crippen LogP contribution in [-0.2, 0) is 16.1 Å². The van der Waals surface area contributed by atoms with E-state index in [4.69, 9.17) is 14.2 Å². The zero-order chi connectivity index (χ0) is 29.2. The number of nitrogens with zero attached hydrogens (tertiary/aromatic N) is 3. The number of amides is 2. The third-order valence-corrected chi connectivity index (χ3v) is 6.71. The van der Waals surface area contributed by atoms with E-state index in [0.717, 1.165) is 5.69 Å². The van der Waals surface area contributed by atoms with Crippen molar-refractivity contribution in [3.8, 4) is 17.2 Å². The molecule has 1 heterocycles. The van der Waals surface area contributed by atoms with Gasteiger partial charge in [-0.2, -0.15) is 0 Å². The van der Waals surface area contributed by atoms with Crippen molar-refractivity contribution < 1.29 is 28.6 Å². The number of methoxy groups -OCH3 is 2. The lowest BCUT2D eigenvalue weighted by Crippen LogP contribution is -2.24. The molecule has 0 atom stereocenters. The Morgan fingerprint density at radius 1 is 0.878 bits per heavy atom. The average molecular weight is 576 g/mol. The smallest absolute Gasteiger partial charge is 0.338 e. The van der Waals surface area contributed by atoms with E-state index < -0.39 is 5.97 Å². The van der Waals surface area contributed by atoms with Gasteiger partial charge in [0.15, 0.2) is 22.5 Å². The van der Waals surface area contributed by atoms with Crippen LogP contribution in [-0.4, -0.2) is 59.1 Å². The molecule has 2 N–H and O–H groups in total. The molecule has 4 rings (SSSR count). The summed E-state index contributed by atoms with van der Waals surface area (Å²) in [5.41, 5.74) is 2.13. The van der Waals surface area contributed by atoms with Crippen LogP contribution in [0.15, 0.2) is 78.0 Å². The Hall–Kier alpha value is -4.84. The molecule has 0 aliphatic rings. The molecule has 0 radical (unpaired) electrons. The van der Waals surface area contributed by atoms with Gasteiger partial charge in [-0.3, -0.25) is 14.2 Å². The normalized spacial score (nSPS) is 10.5. The number of anilines is 1. The van der Waals surface area contributed by atoms with Gasteiger partial charge in [0, 0.05) is 16.9 Å². The van der Waals surface area contributed by atoms with E-state index in [-0.39, 0.29) is 30.7 Å². The largest absolute Gasteiger partial charge is 0.493 e. The molecule has 0 fully saturated rings. The number of nitrogens with one attached hydrogen (secondary N) is 2. The SMILES string of the molecule is CCOC(=O)c1ccc(NC(=O)CSc2nnc(CNC(=O)c3ccc(OC)c(OC)c3)n2-c2ccccc2)cc1. The van der Waals surface area contributed by atoms with Crippen molar-refractivity contribution in [1.82, 2.24) is 20.1 Å². The van der Waals surface area contributed by atoms with Gasteiger partial charge in [0.05, 0.1) is 38.7 Å². The van der Waals surface area contributed by atoms with Gasteiger partial charge < -0.3 is 24.8 Å². The van der Waals surface area contributed by atoms with Crippen LogP contribution in [0.4, 0.5) is 5.69 Å². The summed E-state index contributed by atoms with van der Waals surface area (Å²) < 4.78 is 17.3. The summed E-state index contributed by atoms with van der Waals surface area (Å²) in [5.74, 6) is 0.509. The van der Waals surface area contributed by atoms with Gasteiger partial charge in [0.1, 0.15) is 0 Å². The van der Waals surface area contributed by atoms with Gasteiger partial charge in [-0.25, -0.2) is 4.79 Å².